The summed E-state index contributed by atoms with van der Waals surface area (Å²) in [6.07, 6.45) is 12.4. The van der Waals surface area contributed by atoms with E-state index in [0.29, 0.717) is 23.6 Å². The number of rotatable bonds is 10. The molecule has 1 fully saturated rings. The van der Waals surface area contributed by atoms with E-state index in [9.17, 15) is 4.39 Å². The fraction of sp³-hybridized carbons (Fsp3) is 0.600. The third kappa shape index (κ3) is 6.52. The number of benzene rings is 1. The minimum absolute atomic E-state index is 0.315. The van der Waals surface area contributed by atoms with Crippen molar-refractivity contribution in [2.45, 2.75) is 78.1 Å². The minimum Gasteiger partial charge on any atom is -0.493 e. The molecule has 3 rings (SSSR count). The summed E-state index contributed by atoms with van der Waals surface area (Å²) in [4.78, 5) is 0. The Morgan fingerprint density at radius 2 is 1.69 bits per heavy atom. The lowest BCUT2D eigenvalue weighted by Gasteiger charge is -2.28. The summed E-state index contributed by atoms with van der Waals surface area (Å²) in [5.74, 6) is 2.03. The molecule has 0 saturated heterocycles. The maximum absolute atomic E-state index is 14.5. The summed E-state index contributed by atoms with van der Waals surface area (Å²) in [6, 6.07) is 8.86. The topological polar surface area (TPSA) is 35.0 Å². The second-order valence-corrected chi connectivity index (χ2v) is 8.47. The SMILES string of the molecule is CCCCOc1ccc(-c2ccc(CCC3CCC(CCC)CC3)nn2)c(F)c1. The molecule has 0 atom stereocenters. The van der Waals surface area contributed by atoms with E-state index < -0.39 is 0 Å². The standard InChI is InChI=1S/C25H35FN2O/c1-3-5-17-29-22-14-15-23(24(26)18-22)25-16-13-21(27-28-25)12-11-20-9-7-19(6-4-2)8-10-20/h13-16,18-20H,3-12,17H2,1-2H3. The van der Waals surface area contributed by atoms with Crippen LogP contribution in [0.2, 0.25) is 0 Å². The molecule has 0 bridgehead atoms. The monoisotopic (exact) mass is 398 g/mol. The van der Waals surface area contributed by atoms with Gasteiger partial charge < -0.3 is 4.74 Å². The predicted octanol–water partition coefficient (Wildman–Crippen LogP) is 7.00. The smallest absolute Gasteiger partial charge is 0.136 e. The highest BCUT2D eigenvalue weighted by Crippen LogP contribution is 2.33. The van der Waals surface area contributed by atoms with Gasteiger partial charge in [-0.05, 0) is 55.4 Å². The number of hydrogen-bond acceptors (Lipinski definition) is 3. The van der Waals surface area contributed by atoms with Crippen molar-refractivity contribution in [3.05, 3.63) is 41.8 Å². The first-order valence-corrected chi connectivity index (χ1v) is 11.4. The van der Waals surface area contributed by atoms with Gasteiger partial charge in [0.25, 0.3) is 0 Å². The van der Waals surface area contributed by atoms with E-state index in [1.807, 2.05) is 12.1 Å². The quantitative estimate of drug-likeness (QED) is 0.404. The molecule has 0 unspecified atom stereocenters. The van der Waals surface area contributed by atoms with Gasteiger partial charge in [-0.3, -0.25) is 0 Å². The lowest BCUT2D eigenvalue weighted by atomic mass is 9.78. The lowest BCUT2D eigenvalue weighted by molar-refractivity contribution is 0.252. The maximum Gasteiger partial charge on any atom is 0.136 e. The van der Waals surface area contributed by atoms with Gasteiger partial charge in [0.15, 0.2) is 0 Å². The Bertz CT molecular complexity index is 739. The van der Waals surface area contributed by atoms with Gasteiger partial charge in [0.05, 0.1) is 18.0 Å². The Kier molecular flexibility index (Phi) is 8.45. The zero-order chi connectivity index (χ0) is 20.5. The van der Waals surface area contributed by atoms with Crippen LogP contribution >= 0.6 is 0 Å². The van der Waals surface area contributed by atoms with Gasteiger partial charge in [-0.15, -0.1) is 0 Å². The normalized spacial score (nSPS) is 19.3. The number of unbranched alkanes of at least 4 members (excludes halogenated alkanes) is 1. The van der Waals surface area contributed by atoms with Crippen molar-refractivity contribution in [1.82, 2.24) is 10.2 Å². The van der Waals surface area contributed by atoms with Crippen LogP contribution in [-0.4, -0.2) is 16.8 Å². The zero-order valence-electron chi connectivity index (χ0n) is 18.0. The van der Waals surface area contributed by atoms with Gasteiger partial charge >= 0.3 is 0 Å². The van der Waals surface area contributed by atoms with Gasteiger partial charge in [-0.25, -0.2) is 4.39 Å². The summed E-state index contributed by atoms with van der Waals surface area (Å²) >= 11 is 0. The molecule has 29 heavy (non-hydrogen) atoms. The Hall–Kier alpha value is -1.97. The van der Waals surface area contributed by atoms with E-state index >= 15 is 0 Å². The highest BCUT2D eigenvalue weighted by Gasteiger charge is 2.20. The highest BCUT2D eigenvalue weighted by atomic mass is 19.1. The second kappa shape index (κ2) is 11.3. The molecule has 1 aromatic heterocycles. The van der Waals surface area contributed by atoms with Crippen molar-refractivity contribution in [2.24, 2.45) is 11.8 Å². The van der Waals surface area contributed by atoms with E-state index in [1.54, 1.807) is 12.1 Å². The molecule has 0 radical (unpaired) electrons. The Morgan fingerprint density at radius 1 is 0.931 bits per heavy atom. The summed E-state index contributed by atoms with van der Waals surface area (Å²) < 4.78 is 20.0. The fourth-order valence-electron chi connectivity index (χ4n) is 4.33. The van der Waals surface area contributed by atoms with Gasteiger partial charge in [-0.1, -0.05) is 58.8 Å². The Morgan fingerprint density at radius 3 is 2.31 bits per heavy atom. The van der Waals surface area contributed by atoms with Crippen LogP contribution in [0, 0.1) is 17.7 Å². The molecule has 0 N–H and O–H groups in total. The van der Waals surface area contributed by atoms with Crippen molar-refractivity contribution < 1.29 is 9.13 Å². The largest absolute Gasteiger partial charge is 0.493 e. The molecule has 1 aromatic carbocycles. The molecule has 1 heterocycles. The molecule has 0 amide bonds. The molecule has 2 aromatic rings. The second-order valence-electron chi connectivity index (χ2n) is 8.47. The van der Waals surface area contributed by atoms with Crippen LogP contribution in [-0.2, 0) is 6.42 Å². The first-order chi connectivity index (χ1) is 14.2. The zero-order valence-corrected chi connectivity index (χ0v) is 18.0. The average molecular weight is 399 g/mol. The number of ether oxygens (including phenoxy) is 1. The van der Waals surface area contributed by atoms with Crippen molar-refractivity contribution in [3.8, 4) is 17.0 Å². The summed E-state index contributed by atoms with van der Waals surface area (Å²) in [7, 11) is 0. The number of nitrogens with zero attached hydrogens (tertiary/aromatic N) is 2. The molecule has 0 spiro atoms. The van der Waals surface area contributed by atoms with Crippen molar-refractivity contribution in [3.63, 3.8) is 0 Å². The van der Waals surface area contributed by atoms with Crippen LogP contribution < -0.4 is 4.74 Å². The number of halogens is 1. The number of aryl methyl sites for hydroxylation is 1. The Balaban J connectivity index is 1.51. The van der Waals surface area contributed by atoms with Gasteiger partial charge in [0, 0.05) is 11.6 Å². The first-order valence-electron chi connectivity index (χ1n) is 11.4. The van der Waals surface area contributed by atoms with Gasteiger partial charge in [-0.2, -0.15) is 10.2 Å². The minimum atomic E-state index is -0.315. The fourth-order valence-corrected chi connectivity index (χ4v) is 4.33. The summed E-state index contributed by atoms with van der Waals surface area (Å²) in [5.41, 5.74) is 2.05. The molecule has 0 aliphatic heterocycles. The van der Waals surface area contributed by atoms with E-state index in [-0.39, 0.29) is 5.82 Å². The van der Waals surface area contributed by atoms with E-state index in [2.05, 4.69) is 24.0 Å². The number of hydrogen-bond donors (Lipinski definition) is 0. The van der Waals surface area contributed by atoms with E-state index in [4.69, 9.17) is 4.74 Å². The summed E-state index contributed by atoms with van der Waals surface area (Å²) in [6.45, 7) is 5.01. The van der Waals surface area contributed by atoms with Crippen LogP contribution in [0.1, 0.15) is 77.3 Å². The van der Waals surface area contributed by atoms with Gasteiger partial charge in [0.1, 0.15) is 11.6 Å². The predicted molar refractivity (Wildman–Crippen MR) is 117 cm³/mol. The molecule has 158 valence electrons. The summed E-state index contributed by atoms with van der Waals surface area (Å²) in [5, 5.41) is 8.64. The van der Waals surface area contributed by atoms with Crippen LogP contribution in [0.15, 0.2) is 30.3 Å². The average Bonchev–Trinajstić information content (AvgIpc) is 2.74. The molecular formula is C25H35FN2O. The third-order valence-electron chi connectivity index (χ3n) is 6.17. The Labute approximate surface area is 175 Å². The van der Waals surface area contributed by atoms with Crippen LogP contribution in [0.25, 0.3) is 11.3 Å². The highest BCUT2D eigenvalue weighted by molar-refractivity contribution is 5.60. The third-order valence-corrected chi connectivity index (χ3v) is 6.17. The lowest BCUT2D eigenvalue weighted by Crippen LogP contribution is -2.15. The number of aromatic nitrogens is 2. The van der Waals surface area contributed by atoms with Crippen molar-refractivity contribution in [1.29, 1.82) is 0 Å². The molecule has 1 aliphatic rings. The van der Waals surface area contributed by atoms with E-state index in [1.165, 1.54) is 51.0 Å². The van der Waals surface area contributed by atoms with Crippen molar-refractivity contribution >= 4 is 0 Å². The first kappa shape index (κ1) is 21.7. The maximum atomic E-state index is 14.5. The van der Waals surface area contributed by atoms with Crippen LogP contribution in [0.5, 0.6) is 5.75 Å². The molecule has 4 heteroatoms. The van der Waals surface area contributed by atoms with E-state index in [0.717, 1.165) is 36.8 Å². The molecule has 3 nitrogen and oxygen atoms in total. The van der Waals surface area contributed by atoms with Crippen molar-refractivity contribution in [2.75, 3.05) is 6.61 Å². The molecule has 1 aliphatic carbocycles. The van der Waals surface area contributed by atoms with Crippen LogP contribution in [0.4, 0.5) is 4.39 Å². The molecule has 1 saturated carbocycles. The van der Waals surface area contributed by atoms with Crippen LogP contribution in [0.3, 0.4) is 0 Å². The molecular weight excluding hydrogens is 363 g/mol. The van der Waals surface area contributed by atoms with Gasteiger partial charge in [0.2, 0.25) is 0 Å².